The van der Waals surface area contributed by atoms with Crippen LogP contribution in [0.5, 0.6) is 0 Å². The SMILES string of the molecule is C#CC(=O)C1CNCc2ccccc21. The van der Waals surface area contributed by atoms with Gasteiger partial charge in [-0.1, -0.05) is 24.3 Å². The number of Topliss-reactive ketones (excluding diaryl/α,β-unsaturated/α-hetero) is 1. The van der Waals surface area contributed by atoms with E-state index in [0.29, 0.717) is 6.54 Å². The first-order valence-electron chi connectivity index (χ1n) is 4.62. The number of fused-ring (bicyclic) bond motifs is 1. The van der Waals surface area contributed by atoms with Gasteiger partial charge in [-0.15, -0.1) is 6.42 Å². The van der Waals surface area contributed by atoms with Crippen molar-refractivity contribution in [1.82, 2.24) is 5.32 Å². The molecule has 0 spiro atoms. The van der Waals surface area contributed by atoms with E-state index >= 15 is 0 Å². The van der Waals surface area contributed by atoms with E-state index in [1.807, 2.05) is 24.3 Å². The van der Waals surface area contributed by atoms with E-state index < -0.39 is 0 Å². The molecule has 0 fully saturated rings. The molecule has 1 aliphatic heterocycles. The molecule has 1 aliphatic rings. The normalized spacial score (nSPS) is 19.5. The predicted molar refractivity (Wildman–Crippen MR) is 54.7 cm³/mol. The van der Waals surface area contributed by atoms with Crippen LogP contribution in [-0.4, -0.2) is 12.3 Å². The zero-order chi connectivity index (χ0) is 9.97. The van der Waals surface area contributed by atoms with E-state index in [9.17, 15) is 4.79 Å². The molecular weight excluding hydrogens is 174 g/mol. The summed E-state index contributed by atoms with van der Waals surface area (Å²) in [6.07, 6.45) is 5.13. The zero-order valence-corrected chi connectivity index (χ0v) is 7.79. The molecule has 1 aromatic rings. The van der Waals surface area contributed by atoms with Crippen molar-refractivity contribution in [3.63, 3.8) is 0 Å². The van der Waals surface area contributed by atoms with Crippen LogP contribution in [0.4, 0.5) is 0 Å². The van der Waals surface area contributed by atoms with Crippen molar-refractivity contribution in [1.29, 1.82) is 0 Å². The standard InChI is InChI=1S/C12H11NO/c1-2-12(14)11-8-13-7-9-5-3-4-6-10(9)11/h1,3-6,11,13H,7-8H2. The lowest BCUT2D eigenvalue weighted by atomic mass is 9.88. The largest absolute Gasteiger partial charge is 0.312 e. The molecule has 2 nitrogen and oxygen atoms in total. The highest BCUT2D eigenvalue weighted by molar-refractivity contribution is 6.00. The van der Waals surface area contributed by atoms with Crippen LogP contribution in [0.2, 0.25) is 0 Å². The second-order valence-corrected chi connectivity index (χ2v) is 3.39. The maximum absolute atomic E-state index is 11.5. The Kier molecular flexibility index (Phi) is 2.34. The Morgan fingerprint density at radius 2 is 2.29 bits per heavy atom. The Hall–Kier alpha value is -1.59. The second-order valence-electron chi connectivity index (χ2n) is 3.39. The number of rotatable bonds is 1. The van der Waals surface area contributed by atoms with Crippen LogP contribution in [0.25, 0.3) is 0 Å². The van der Waals surface area contributed by atoms with Gasteiger partial charge in [0.25, 0.3) is 0 Å². The maximum Gasteiger partial charge on any atom is 0.213 e. The molecule has 2 heteroatoms. The maximum atomic E-state index is 11.5. The van der Waals surface area contributed by atoms with E-state index in [0.717, 1.165) is 12.1 Å². The fraction of sp³-hybridized carbons (Fsp3) is 0.250. The number of terminal acetylenes is 1. The van der Waals surface area contributed by atoms with Gasteiger partial charge in [-0.2, -0.15) is 0 Å². The Morgan fingerprint density at radius 1 is 1.50 bits per heavy atom. The summed E-state index contributed by atoms with van der Waals surface area (Å²) < 4.78 is 0. The molecular formula is C12H11NO. The Morgan fingerprint density at radius 3 is 3.07 bits per heavy atom. The number of benzene rings is 1. The molecule has 0 radical (unpaired) electrons. The third-order valence-electron chi connectivity index (χ3n) is 2.55. The van der Waals surface area contributed by atoms with E-state index in [2.05, 4.69) is 11.2 Å². The zero-order valence-electron chi connectivity index (χ0n) is 7.79. The fourth-order valence-corrected chi connectivity index (χ4v) is 1.83. The lowest BCUT2D eigenvalue weighted by Crippen LogP contribution is -2.32. The molecule has 0 amide bonds. The third kappa shape index (κ3) is 1.43. The fourth-order valence-electron chi connectivity index (χ4n) is 1.83. The highest BCUT2D eigenvalue weighted by atomic mass is 16.1. The number of carbonyl (C=O) groups excluding carboxylic acids is 1. The lowest BCUT2D eigenvalue weighted by molar-refractivity contribution is -0.115. The van der Waals surface area contributed by atoms with Crippen LogP contribution in [-0.2, 0) is 11.3 Å². The van der Waals surface area contributed by atoms with E-state index in [4.69, 9.17) is 6.42 Å². The van der Waals surface area contributed by atoms with Crippen molar-refractivity contribution in [2.75, 3.05) is 6.54 Å². The van der Waals surface area contributed by atoms with Crippen molar-refractivity contribution < 1.29 is 4.79 Å². The molecule has 1 N–H and O–H groups in total. The Balaban J connectivity index is 2.41. The van der Waals surface area contributed by atoms with Crippen LogP contribution in [0, 0.1) is 12.3 Å². The molecule has 1 unspecified atom stereocenters. The molecule has 70 valence electrons. The molecule has 1 atom stereocenters. The molecule has 2 rings (SSSR count). The van der Waals surface area contributed by atoms with Gasteiger partial charge in [-0.25, -0.2) is 0 Å². The van der Waals surface area contributed by atoms with Gasteiger partial charge in [0.2, 0.25) is 5.78 Å². The van der Waals surface area contributed by atoms with Gasteiger partial charge in [0.1, 0.15) is 0 Å². The summed E-state index contributed by atoms with van der Waals surface area (Å²) in [5.74, 6) is 1.90. The number of hydrogen-bond donors (Lipinski definition) is 1. The van der Waals surface area contributed by atoms with Gasteiger partial charge in [0.15, 0.2) is 0 Å². The monoisotopic (exact) mass is 185 g/mol. The summed E-state index contributed by atoms with van der Waals surface area (Å²) in [6.45, 7) is 1.48. The summed E-state index contributed by atoms with van der Waals surface area (Å²) in [5, 5.41) is 3.19. The number of hydrogen-bond acceptors (Lipinski definition) is 2. The molecule has 0 aliphatic carbocycles. The first-order valence-corrected chi connectivity index (χ1v) is 4.62. The molecule has 0 saturated heterocycles. The summed E-state index contributed by atoms with van der Waals surface area (Å²) in [6, 6.07) is 7.93. The van der Waals surface area contributed by atoms with Crippen LogP contribution >= 0.6 is 0 Å². The average Bonchev–Trinajstić information content (AvgIpc) is 2.27. The van der Waals surface area contributed by atoms with E-state index in [-0.39, 0.29) is 11.7 Å². The molecule has 0 bridgehead atoms. The van der Waals surface area contributed by atoms with E-state index in [1.54, 1.807) is 0 Å². The van der Waals surface area contributed by atoms with Gasteiger partial charge in [0.05, 0.1) is 5.92 Å². The van der Waals surface area contributed by atoms with Crippen molar-refractivity contribution in [2.24, 2.45) is 0 Å². The number of carbonyl (C=O) groups is 1. The second kappa shape index (κ2) is 3.65. The van der Waals surface area contributed by atoms with Crippen molar-refractivity contribution in [2.45, 2.75) is 12.5 Å². The molecule has 0 saturated carbocycles. The van der Waals surface area contributed by atoms with Gasteiger partial charge < -0.3 is 5.32 Å². The Labute approximate surface area is 83.3 Å². The lowest BCUT2D eigenvalue weighted by Gasteiger charge is -2.23. The number of ketones is 1. The summed E-state index contributed by atoms with van der Waals surface area (Å²) >= 11 is 0. The summed E-state index contributed by atoms with van der Waals surface area (Å²) in [5.41, 5.74) is 2.25. The minimum Gasteiger partial charge on any atom is -0.312 e. The number of nitrogens with one attached hydrogen (secondary N) is 1. The Bertz CT molecular complexity index is 403. The first kappa shape index (κ1) is 8.98. The van der Waals surface area contributed by atoms with Crippen LogP contribution < -0.4 is 5.32 Å². The van der Waals surface area contributed by atoms with E-state index in [1.165, 1.54) is 5.56 Å². The highest BCUT2D eigenvalue weighted by Crippen LogP contribution is 2.23. The van der Waals surface area contributed by atoms with Crippen LogP contribution in [0.15, 0.2) is 24.3 Å². The molecule has 0 aromatic heterocycles. The molecule has 14 heavy (non-hydrogen) atoms. The van der Waals surface area contributed by atoms with Crippen LogP contribution in [0.1, 0.15) is 17.0 Å². The van der Waals surface area contributed by atoms with Gasteiger partial charge >= 0.3 is 0 Å². The third-order valence-corrected chi connectivity index (χ3v) is 2.55. The summed E-state index contributed by atoms with van der Waals surface area (Å²) in [7, 11) is 0. The minimum atomic E-state index is -0.162. The van der Waals surface area contributed by atoms with Crippen LogP contribution in [0.3, 0.4) is 0 Å². The quantitative estimate of drug-likeness (QED) is 0.524. The smallest absolute Gasteiger partial charge is 0.213 e. The summed E-state index contributed by atoms with van der Waals surface area (Å²) in [4.78, 5) is 11.5. The minimum absolute atomic E-state index is 0.135. The predicted octanol–water partition coefficient (Wildman–Crippen LogP) is 1.08. The topological polar surface area (TPSA) is 29.1 Å². The average molecular weight is 185 g/mol. The molecule has 1 aromatic carbocycles. The van der Waals surface area contributed by atoms with Crippen molar-refractivity contribution in [3.8, 4) is 12.3 Å². The first-order chi connectivity index (χ1) is 6.83. The molecule has 1 heterocycles. The van der Waals surface area contributed by atoms with Gasteiger partial charge in [-0.3, -0.25) is 4.79 Å². The van der Waals surface area contributed by atoms with Gasteiger partial charge in [-0.05, 0) is 17.0 Å². The van der Waals surface area contributed by atoms with Gasteiger partial charge in [0, 0.05) is 13.1 Å². The van der Waals surface area contributed by atoms with Crippen molar-refractivity contribution in [3.05, 3.63) is 35.4 Å². The highest BCUT2D eigenvalue weighted by Gasteiger charge is 2.24. The van der Waals surface area contributed by atoms with Crippen molar-refractivity contribution >= 4 is 5.78 Å².